The first kappa shape index (κ1) is 9.18. The first-order valence-corrected chi connectivity index (χ1v) is 4.56. The Kier molecular flexibility index (Phi) is 1.83. The van der Waals surface area contributed by atoms with E-state index >= 15 is 0 Å². The number of carboxylic acids is 1. The lowest BCUT2D eigenvalue weighted by Crippen LogP contribution is -2.51. The van der Waals surface area contributed by atoms with Gasteiger partial charge in [-0.25, -0.2) is 0 Å². The van der Waals surface area contributed by atoms with Gasteiger partial charge in [0.15, 0.2) is 5.41 Å². The zero-order chi connectivity index (χ0) is 10.3. The van der Waals surface area contributed by atoms with Crippen LogP contribution in [0.3, 0.4) is 0 Å². The van der Waals surface area contributed by atoms with Crippen molar-refractivity contribution in [2.75, 3.05) is 0 Å². The van der Waals surface area contributed by atoms with Gasteiger partial charge >= 0.3 is 17.9 Å². The van der Waals surface area contributed by atoms with Crippen LogP contribution in [0.1, 0.15) is 25.7 Å². The second-order valence-electron chi connectivity index (χ2n) is 3.89. The molecule has 1 aliphatic heterocycles. The molecule has 1 aliphatic carbocycles. The van der Waals surface area contributed by atoms with Gasteiger partial charge in [0.05, 0.1) is 5.92 Å². The maximum Gasteiger partial charge on any atom is 0.331 e. The largest absolute Gasteiger partial charge is 0.480 e. The van der Waals surface area contributed by atoms with Crippen molar-refractivity contribution in [3.05, 3.63) is 0 Å². The summed E-state index contributed by atoms with van der Waals surface area (Å²) >= 11 is 0. The van der Waals surface area contributed by atoms with Gasteiger partial charge in [-0.05, 0) is 19.3 Å². The van der Waals surface area contributed by atoms with Crippen LogP contribution in [0.4, 0.5) is 0 Å². The van der Waals surface area contributed by atoms with Gasteiger partial charge in [0.25, 0.3) is 0 Å². The molecule has 0 amide bonds. The minimum Gasteiger partial charge on any atom is -0.480 e. The number of cyclic esters (lactones) is 2. The minimum absolute atomic E-state index is 0.111. The van der Waals surface area contributed by atoms with E-state index in [4.69, 9.17) is 5.11 Å². The molecule has 1 saturated heterocycles. The van der Waals surface area contributed by atoms with E-state index in [0.717, 1.165) is 0 Å². The molecule has 1 N–H and O–H groups in total. The van der Waals surface area contributed by atoms with Crippen LogP contribution < -0.4 is 0 Å². The Labute approximate surface area is 80.0 Å². The van der Waals surface area contributed by atoms with Gasteiger partial charge in [-0.15, -0.1) is 0 Å². The average Bonchev–Trinajstić information content (AvgIpc) is 2.15. The number of hydrogen-bond acceptors (Lipinski definition) is 4. The molecule has 0 aromatic heterocycles. The summed E-state index contributed by atoms with van der Waals surface area (Å²) in [5, 5.41) is 8.98. The van der Waals surface area contributed by atoms with Crippen LogP contribution in [-0.2, 0) is 19.1 Å². The molecule has 0 aromatic carbocycles. The first-order chi connectivity index (χ1) is 6.56. The molecular formula is C9H10O5. The molecule has 1 saturated carbocycles. The van der Waals surface area contributed by atoms with Crippen LogP contribution in [0, 0.1) is 11.3 Å². The minimum atomic E-state index is -1.45. The highest BCUT2D eigenvalue weighted by atomic mass is 16.6. The van der Waals surface area contributed by atoms with Crippen LogP contribution in [0.5, 0.6) is 0 Å². The van der Waals surface area contributed by atoms with Crippen molar-refractivity contribution < 1.29 is 24.2 Å². The molecule has 2 fully saturated rings. The molecule has 76 valence electrons. The third kappa shape index (κ3) is 1.05. The molecule has 5 nitrogen and oxygen atoms in total. The molecule has 2 atom stereocenters. The highest BCUT2D eigenvalue weighted by Crippen LogP contribution is 2.44. The Hall–Kier alpha value is -1.39. The number of hydrogen-bond donors (Lipinski definition) is 1. The molecule has 1 heterocycles. The van der Waals surface area contributed by atoms with E-state index in [1.54, 1.807) is 0 Å². The number of carboxylic acid groups (broad SMARTS) is 1. The fraction of sp³-hybridized carbons (Fsp3) is 0.667. The van der Waals surface area contributed by atoms with E-state index in [1.165, 1.54) is 0 Å². The molecule has 2 unspecified atom stereocenters. The zero-order valence-corrected chi connectivity index (χ0v) is 7.49. The lowest BCUT2D eigenvalue weighted by molar-refractivity contribution is -0.188. The summed E-state index contributed by atoms with van der Waals surface area (Å²) in [6.07, 6.45) is 1.61. The summed E-state index contributed by atoms with van der Waals surface area (Å²) in [7, 11) is 0. The Morgan fingerprint density at radius 3 is 2.86 bits per heavy atom. The fourth-order valence-electron chi connectivity index (χ4n) is 2.22. The summed E-state index contributed by atoms with van der Waals surface area (Å²) in [4.78, 5) is 33.5. The molecule has 0 aromatic rings. The van der Waals surface area contributed by atoms with E-state index in [-0.39, 0.29) is 12.8 Å². The molecule has 2 bridgehead atoms. The molecular weight excluding hydrogens is 188 g/mol. The number of carbonyl (C=O) groups is 3. The van der Waals surface area contributed by atoms with Gasteiger partial charge in [-0.1, -0.05) is 6.42 Å². The number of aliphatic carboxylic acids is 1. The molecule has 0 spiro atoms. The quantitative estimate of drug-likeness (QED) is 0.485. The van der Waals surface area contributed by atoms with Crippen molar-refractivity contribution in [2.24, 2.45) is 11.3 Å². The van der Waals surface area contributed by atoms with Gasteiger partial charge in [-0.2, -0.15) is 0 Å². The standard InChI is InChI=1S/C9H10O5/c10-6-5-2-1-3-9(4-5,7(11)12)8(13)14-6/h5H,1-4H2,(H,11,12). The van der Waals surface area contributed by atoms with Crippen LogP contribution in [0.15, 0.2) is 0 Å². The Balaban J connectivity index is 2.36. The first-order valence-electron chi connectivity index (χ1n) is 4.56. The third-order valence-corrected chi connectivity index (χ3v) is 3.08. The van der Waals surface area contributed by atoms with Crippen LogP contribution >= 0.6 is 0 Å². The lowest BCUT2D eigenvalue weighted by Gasteiger charge is -2.38. The highest BCUT2D eigenvalue weighted by molar-refractivity contribution is 6.05. The number of fused-ring (bicyclic) bond motifs is 2. The predicted octanol–water partition coefficient (Wildman–Crippen LogP) is 0.331. The van der Waals surface area contributed by atoms with Gasteiger partial charge in [-0.3, -0.25) is 14.4 Å². The van der Waals surface area contributed by atoms with Gasteiger partial charge in [0.2, 0.25) is 0 Å². The monoisotopic (exact) mass is 198 g/mol. The van der Waals surface area contributed by atoms with Crippen molar-refractivity contribution in [1.82, 2.24) is 0 Å². The molecule has 14 heavy (non-hydrogen) atoms. The van der Waals surface area contributed by atoms with Crippen LogP contribution in [0.2, 0.25) is 0 Å². The summed E-state index contributed by atoms with van der Waals surface area (Å²) < 4.78 is 4.46. The molecule has 2 rings (SSSR count). The van der Waals surface area contributed by atoms with E-state index < -0.39 is 29.2 Å². The Morgan fingerprint density at radius 2 is 2.21 bits per heavy atom. The number of carbonyl (C=O) groups excluding carboxylic acids is 2. The summed E-state index contributed by atoms with van der Waals surface area (Å²) in [5.74, 6) is -3.02. The van der Waals surface area contributed by atoms with Crippen molar-refractivity contribution >= 4 is 17.9 Å². The maximum absolute atomic E-state index is 11.4. The predicted molar refractivity (Wildman–Crippen MR) is 43.1 cm³/mol. The second kappa shape index (κ2) is 2.80. The number of rotatable bonds is 1. The van der Waals surface area contributed by atoms with Gasteiger partial charge < -0.3 is 9.84 Å². The van der Waals surface area contributed by atoms with Crippen molar-refractivity contribution in [2.45, 2.75) is 25.7 Å². The summed E-state index contributed by atoms with van der Waals surface area (Å²) in [6, 6.07) is 0. The topological polar surface area (TPSA) is 80.7 Å². The van der Waals surface area contributed by atoms with Crippen molar-refractivity contribution in [3.63, 3.8) is 0 Å². The SMILES string of the molecule is O=C1OC(=O)C2(C(=O)O)CCCC1C2. The van der Waals surface area contributed by atoms with Crippen molar-refractivity contribution in [1.29, 1.82) is 0 Å². The average molecular weight is 198 g/mol. The third-order valence-electron chi connectivity index (χ3n) is 3.08. The fourth-order valence-corrected chi connectivity index (χ4v) is 2.22. The van der Waals surface area contributed by atoms with E-state index in [2.05, 4.69) is 4.74 Å². The van der Waals surface area contributed by atoms with E-state index in [0.29, 0.717) is 12.8 Å². The van der Waals surface area contributed by atoms with Crippen molar-refractivity contribution in [3.8, 4) is 0 Å². The highest BCUT2D eigenvalue weighted by Gasteiger charge is 2.56. The van der Waals surface area contributed by atoms with Crippen LogP contribution in [-0.4, -0.2) is 23.0 Å². The smallest absolute Gasteiger partial charge is 0.331 e. The lowest BCUT2D eigenvalue weighted by atomic mass is 9.68. The maximum atomic E-state index is 11.4. The zero-order valence-electron chi connectivity index (χ0n) is 7.49. The van der Waals surface area contributed by atoms with Gasteiger partial charge in [0.1, 0.15) is 0 Å². The number of ether oxygens (including phenoxy) is 1. The van der Waals surface area contributed by atoms with Gasteiger partial charge in [0, 0.05) is 0 Å². The Morgan fingerprint density at radius 1 is 1.50 bits per heavy atom. The molecule has 2 aliphatic rings. The second-order valence-corrected chi connectivity index (χ2v) is 3.89. The summed E-state index contributed by atoms with van der Waals surface area (Å²) in [6.45, 7) is 0. The van der Waals surface area contributed by atoms with E-state index in [1.807, 2.05) is 0 Å². The van der Waals surface area contributed by atoms with Crippen LogP contribution in [0.25, 0.3) is 0 Å². The normalized spacial score (nSPS) is 36.4. The molecule has 5 heteroatoms. The number of esters is 2. The Bertz CT molecular complexity index is 321. The molecule has 0 radical (unpaired) electrons. The van der Waals surface area contributed by atoms with E-state index in [9.17, 15) is 14.4 Å². The summed E-state index contributed by atoms with van der Waals surface area (Å²) in [5.41, 5.74) is -1.45.